The minimum absolute atomic E-state index is 0.203. The molecule has 0 spiro atoms. The van der Waals surface area contributed by atoms with E-state index in [0.29, 0.717) is 17.1 Å². The van der Waals surface area contributed by atoms with Crippen LogP contribution in [-0.2, 0) is 13.6 Å². The number of halogens is 1. The van der Waals surface area contributed by atoms with Crippen LogP contribution in [0.25, 0.3) is 0 Å². The van der Waals surface area contributed by atoms with Gasteiger partial charge in [-0.3, -0.25) is 4.79 Å². The van der Waals surface area contributed by atoms with Gasteiger partial charge < -0.3 is 15.2 Å². The number of anilines is 1. The average Bonchev–Trinajstić information content (AvgIpc) is 2.82. The third-order valence-corrected chi connectivity index (χ3v) is 3.14. The minimum atomic E-state index is -0.203. The molecule has 5 nitrogen and oxygen atoms in total. The van der Waals surface area contributed by atoms with E-state index in [1.54, 1.807) is 25.4 Å². The first-order valence-corrected chi connectivity index (χ1v) is 6.21. The van der Waals surface area contributed by atoms with E-state index >= 15 is 0 Å². The summed E-state index contributed by atoms with van der Waals surface area (Å²) >= 11 is 5.99. The zero-order valence-corrected chi connectivity index (χ0v) is 11.5. The second-order valence-electron chi connectivity index (χ2n) is 4.08. The Kier molecular flexibility index (Phi) is 4.06. The molecule has 0 saturated carbocycles. The zero-order chi connectivity index (χ0) is 13.8. The summed E-state index contributed by atoms with van der Waals surface area (Å²) in [6.07, 6.45) is 3.63. The van der Waals surface area contributed by atoms with E-state index in [1.807, 2.05) is 23.9 Å². The topological polar surface area (TPSA) is 59.0 Å². The number of hydrogen-bond acceptors (Lipinski definition) is 3. The summed E-state index contributed by atoms with van der Waals surface area (Å²) in [7, 11) is 3.51. The van der Waals surface area contributed by atoms with Crippen LogP contribution in [0.15, 0.2) is 30.6 Å². The van der Waals surface area contributed by atoms with Crippen molar-refractivity contribution in [1.29, 1.82) is 0 Å². The Morgan fingerprint density at radius 3 is 2.89 bits per heavy atom. The number of amides is 1. The normalized spacial score (nSPS) is 10.3. The maximum absolute atomic E-state index is 11.6. The number of nitrogens with zero attached hydrogens (tertiary/aromatic N) is 2. The van der Waals surface area contributed by atoms with Crippen LogP contribution < -0.4 is 10.6 Å². The van der Waals surface area contributed by atoms with Crippen molar-refractivity contribution in [3.8, 4) is 0 Å². The molecule has 0 aliphatic carbocycles. The molecule has 2 N–H and O–H groups in total. The molecule has 100 valence electrons. The Morgan fingerprint density at radius 2 is 2.26 bits per heavy atom. The lowest BCUT2D eigenvalue weighted by Gasteiger charge is -2.09. The number of benzene rings is 1. The molecule has 0 bridgehead atoms. The molecular weight excluding hydrogens is 264 g/mol. The van der Waals surface area contributed by atoms with Gasteiger partial charge in [0.25, 0.3) is 5.91 Å². The van der Waals surface area contributed by atoms with Gasteiger partial charge in [0.2, 0.25) is 0 Å². The van der Waals surface area contributed by atoms with Crippen LogP contribution in [0.1, 0.15) is 16.2 Å². The third kappa shape index (κ3) is 3.06. The number of carbonyl (C=O) groups is 1. The molecule has 0 aliphatic heterocycles. The molecule has 19 heavy (non-hydrogen) atoms. The molecule has 2 rings (SSSR count). The van der Waals surface area contributed by atoms with Gasteiger partial charge in [-0.05, 0) is 18.2 Å². The number of nitrogens with one attached hydrogen (secondary N) is 2. The van der Waals surface area contributed by atoms with E-state index in [4.69, 9.17) is 11.6 Å². The fourth-order valence-corrected chi connectivity index (χ4v) is 1.90. The van der Waals surface area contributed by atoms with Crippen molar-refractivity contribution in [2.75, 3.05) is 12.4 Å². The van der Waals surface area contributed by atoms with Crippen LogP contribution in [-0.4, -0.2) is 22.5 Å². The first-order valence-electron chi connectivity index (χ1n) is 5.83. The van der Waals surface area contributed by atoms with Crippen molar-refractivity contribution in [1.82, 2.24) is 14.9 Å². The van der Waals surface area contributed by atoms with Crippen molar-refractivity contribution in [3.05, 3.63) is 47.0 Å². The fourth-order valence-electron chi connectivity index (χ4n) is 1.69. The van der Waals surface area contributed by atoms with Crippen LogP contribution in [0, 0.1) is 0 Å². The number of aryl methyl sites for hydroxylation is 1. The van der Waals surface area contributed by atoms with Crippen LogP contribution in [0.5, 0.6) is 0 Å². The first-order chi connectivity index (χ1) is 9.11. The number of carbonyl (C=O) groups excluding carboxylic acids is 1. The summed E-state index contributed by atoms with van der Waals surface area (Å²) in [4.78, 5) is 15.9. The SMILES string of the molecule is CNC(=O)c1cc(NCc2nccn2C)ccc1Cl. The van der Waals surface area contributed by atoms with Crippen LogP contribution in [0.2, 0.25) is 5.02 Å². The summed E-state index contributed by atoms with van der Waals surface area (Å²) < 4.78 is 1.93. The summed E-state index contributed by atoms with van der Waals surface area (Å²) in [5.74, 6) is 0.710. The third-order valence-electron chi connectivity index (χ3n) is 2.81. The lowest BCUT2D eigenvalue weighted by Crippen LogP contribution is -2.18. The highest BCUT2D eigenvalue weighted by atomic mass is 35.5. The van der Waals surface area contributed by atoms with Gasteiger partial charge in [0, 0.05) is 32.2 Å². The van der Waals surface area contributed by atoms with E-state index in [-0.39, 0.29) is 5.91 Å². The van der Waals surface area contributed by atoms with E-state index in [9.17, 15) is 4.79 Å². The van der Waals surface area contributed by atoms with E-state index in [2.05, 4.69) is 15.6 Å². The molecule has 1 heterocycles. The van der Waals surface area contributed by atoms with Gasteiger partial charge in [-0.2, -0.15) is 0 Å². The van der Waals surface area contributed by atoms with Gasteiger partial charge >= 0.3 is 0 Å². The maximum Gasteiger partial charge on any atom is 0.252 e. The van der Waals surface area contributed by atoms with Crippen LogP contribution in [0.4, 0.5) is 5.69 Å². The number of rotatable bonds is 4. The number of hydrogen-bond donors (Lipinski definition) is 2. The van der Waals surface area contributed by atoms with Crippen molar-refractivity contribution in [2.45, 2.75) is 6.54 Å². The van der Waals surface area contributed by atoms with Crippen molar-refractivity contribution < 1.29 is 4.79 Å². The second kappa shape index (κ2) is 5.75. The summed E-state index contributed by atoms with van der Waals surface area (Å²) in [5.41, 5.74) is 1.28. The van der Waals surface area contributed by atoms with Gasteiger partial charge in [0.1, 0.15) is 5.82 Å². The largest absolute Gasteiger partial charge is 0.378 e. The van der Waals surface area contributed by atoms with Crippen LogP contribution in [0.3, 0.4) is 0 Å². The average molecular weight is 279 g/mol. The molecule has 1 amide bonds. The highest BCUT2D eigenvalue weighted by Gasteiger charge is 2.09. The van der Waals surface area contributed by atoms with E-state index in [1.165, 1.54) is 0 Å². The molecule has 0 unspecified atom stereocenters. The molecule has 1 aromatic heterocycles. The summed E-state index contributed by atoms with van der Waals surface area (Å²) in [6, 6.07) is 5.26. The Hall–Kier alpha value is -2.01. The first kappa shape index (κ1) is 13.4. The lowest BCUT2D eigenvalue weighted by atomic mass is 10.2. The van der Waals surface area contributed by atoms with Crippen molar-refractivity contribution >= 4 is 23.2 Å². The Balaban J connectivity index is 2.13. The van der Waals surface area contributed by atoms with Crippen molar-refractivity contribution in [2.24, 2.45) is 7.05 Å². The number of imidazole rings is 1. The molecule has 0 saturated heterocycles. The predicted molar refractivity (Wildman–Crippen MR) is 75.4 cm³/mol. The van der Waals surface area contributed by atoms with E-state index in [0.717, 1.165) is 11.5 Å². The van der Waals surface area contributed by atoms with Crippen molar-refractivity contribution in [3.63, 3.8) is 0 Å². The number of aromatic nitrogens is 2. The molecule has 1 aromatic carbocycles. The smallest absolute Gasteiger partial charge is 0.252 e. The van der Waals surface area contributed by atoms with Crippen LogP contribution >= 0.6 is 11.6 Å². The molecular formula is C13H15ClN4O. The highest BCUT2D eigenvalue weighted by molar-refractivity contribution is 6.34. The maximum atomic E-state index is 11.6. The quantitative estimate of drug-likeness (QED) is 0.900. The van der Waals surface area contributed by atoms with Gasteiger partial charge in [0.15, 0.2) is 0 Å². The van der Waals surface area contributed by atoms with Gasteiger partial charge in [-0.15, -0.1) is 0 Å². The summed E-state index contributed by atoms with van der Waals surface area (Å²) in [6.45, 7) is 0.582. The molecule has 0 radical (unpaired) electrons. The van der Waals surface area contributed by atoms with Gasteiger partial charge in [0.05, 0.1) is 17.1 Å². The molecule has 0 atom stereocenters. The molecule has 6 heteroatoms. The minimum Gasteiger partial charge on any atom is -0.378 e. The predicted octanol–water partition coefficient (Wildman–Crippen LogP) is 2.05. The monoisotopic (exact) mass is 278 g/mol. The zero-order valence-electron chi connectivity index (χ0n) is 10.8. The molecule has 2 aromatic rings. The Bertz CT molecular complexity index is 594. The highest BCUT2D eigenvalue weighted by Crippen LogP contribution is 2.20. The standard InChI is InChI=1S/C13H15ClN4O/c1-15-13(19)10-7-9(3-4-11(10)14)17-8-12-16-5-6-18(12)2/h3-7,17H,8H2,1-2H3,(H,15,19). The van der Waals surface area contributed by atoms with Gasteiger partial charge in [-0.25, -0.2) is 4.98 Å². The summed E-state index contributed by atoms with van der Waals surface area (Å²) in [5, 5.41) is 6.21. The Labute approximate surface area is 116 Å². The van der Waals surface area contributed by atoms with Gasteiger partial charge in [-0.1, -0.05) is 11.6 Å². The molecule has 0 fully saturated rings. The fraction of sp³-hybridized carbons (Fsp3) is 0.231. The van der Waals surface area contributed by atoms with E-state index < -0.39 is 0 Å². The second-order valence-corrected chi connectivity index (χ2v) is 4.49. The lowest BCUT2D eigenvalue weighted by molar-refractivity contribution is 0.0963. The Morgan fingerprint density at radius 1 is 1.47 bits per heavy atom. The molecule has 0 aliphatic rings.